The van der Waals surface area contributed by atoms with E-state index in [1.807, 2.05) is 35.2 Å². The van der Waals surface area contributed by atoms with E-state index in [0.29, 0.717) is 31.8 Å². The largest absolute Gasteiger partial charge is 0.493 e. The molecule has 5 heteroatoms. The van der Waals surface area contributed by atoms with Gasteiger partial charge in [0, 0.05) is 24.3 Å². The molecule has 1 heterocycles. The Morgan fingerprint density at radius 2 is 1.93 bits per heavy atom. The lowest BCUT2D eigenvalue weighted by Gasteiger charge is -2.30. The summed E-state index contributed by atoms with van der Waals surface area (Å²) in [6.07, 6.45) is 4.54. The van der Waals surface area contributed by atoms with Gasteiger partial charge in [-0.25, -0.2) is 0 Å². The van der Waals surface area contributed by atoms with E-state index in [1.165, 1.54) is 12.0 Å². The lowest BCUT2D eigenvalue weighted by Crippen LogP contribution is -2.37. The first-order valence-corrected chi connectivity index (χ1v) is 10.1. The van der Waals surface area contributed by atoms with Gasteiger partial charge in [0.25, 0.3) is 0 Å². The molecule has 0 spiro atoms. The van der Waals surface area contributed by atoms with Crippen molar-refractivity contribution < 1.29 is 14.3 Å². The van der Waals surface area contributed by atoms with Crippen LogP contribution >= 0.6 is 0 Å². The summed E-state index contributed by atoms with van der Waals surface area (Å²) in [6.45, 7) is 4.18. The second-order valence-electron chi connectivity index (χ2n) is 7.27. The molecule has 0 unspecified atom stereocenters. The maximum Gasteiger partial charge on any atom is 0.227 e. The minimum absolute atomic E-state index is 0.136. The zero-order valence-corrected chi connectivity index (χ0v) is 16.9. The van der Waals surface area contributed by atoms with Crippen molar-refractivity contribution in [1.82, 2.24) is 4.90 Å². The van der Waals surface area contributed by atoms with Gasteiger partial charge in [-0.15, -0.1) is 0 Å². The van der Waals surface area contributed by atoms with Gasteiger partial charge in [0.2, 0.25) is 5.91 Å². The summed E-state index contributed by atoms with van der Waals surface area (Å²) >= 11 is 0. The number of nitrogen functional groups attached to an aromatic ring is 1. The van der Waals surface area contributed by atoms with Crippen LogP contribution in [0.25, 0.3) is 0 Å². The van der Waals surface area contributed by atoms with Crippen LogP contribution in [-0.4, -0.2) is 31.1 Å². The number of carbonyl (C=O) groups excluding carboxylic acids is 1. The number of methoxy groups -OCH3 is 1. The summed E-state index contributed by atoms with van der Waals surface area (Å²) < 4.78 is 11.6. The molecule has 5 nitrogen and oxygen atoms in total. The molecule has 28 heavy (non-hydrogen) atoms. The molecule has 0 saturated carbocycles. The van der Waals surface area contributed by atoms with Gasteiger partial charge in [0.05, 0.1) is 20.1 Å². The van der Waals surface area contributed by atoms with Gasteiger partial charge < -0.3 is 20.1 Å². The van der Waals surface area contributed by atoms with Crippen molar-refractivity contribution in [3.63, 3.8) is 0 Å². The molecule has 1 aliphatic heterocycles. The zero-order valence-electron chi connectivity index (χ0n) is 16.9. The van der Waals surface area contributed by atoms with E-state index in [2.05, 4.69) is 13.0 Å². The third-order valence-corrected chi connectivity index (χ3v) is 5.22. The lowest BCUT2D eigenvalue weighted by molar-refractivity contribution is -0.131. The quantitative estimate of drug-likeness (QED) is 0.554. The molecule has 2 N–H and O–H groups in total. The van der Waals surface area contributed by atoms with E-state index < -0.39 is 0 Å². The molecule has 0 radical (unpaired) electrons. The fraction of sp³-hybridized carbons (Fsp3) is 0.435. The van der Waals surface area contributed by atoms with Crippen LogP contribution < -0.4 is 15.2 Å². The normalized spacial score (nSPS) is 13.1. The van der Waals surface area contributed by atoms with Gasteiger partial charge >= 0.3 is 0 Å². The molecular formula is C23H30N2O3. The highest BCUT2D eigenvalue weighted by Gasteiger charge is 2.25. The van der Waals surface area contributed by atoms with E-state index in [9.17, 15) is 4.79 Å². The van der Waals surface area contributed by atoms with Crippen molar-refractivity contribution in [2.75, 3.05) is 26.0 Å². The highest BCUT2D eigenvalue weighted by Crippen LogP contribution is 2.37. The minimum atomic E-state index is 0.136. The number of nitrogens with two attached hydrogens (primary N) is 1. The number of unbranched alkanes of at least 4 members (excludes halogenated alkanes) is 2. The zero-order chi connectivity index (χ0) is 19.9. The summed E-state index contributed by atoms with van der Waals surface area (Å²) in [6, 6.07) is 11.5. The van der Waals surface area contributed by atoms with E-state index in [0.717, 1.165) is 41.9 Å². The molecule has 0 aromatic heterocycles. The fourth-order valence-electron chi connectivity index (χ4n) is 3.58. The number of rotatable bonds is 8. The van der Waals surface area contributed by atoms with Gasteiger partial charge in [0.15, 0.2) is 11.5 Å². The van der Waals surface area contributed by atoms with E-state index in [-0.39, 0.29) is 5.91 Å². The average molecular weight is 383 g/mol. The number of carbonyl (C=O) groups is 1. The number of benzene rings is 2. The number of nitrogens with zero attached hydrogens (tertiary/aromatic N) is 1. The van der Waals surface area contributed by atoms with Gasteiger partial charge in [-0.2, -0.15) is 0 Å². The number of anilines is 1. The number of amides is 1. The molecule has 2 aromatic rings. The van der Waals surface area contributed by atoms with Crippen LogP contribution in [0.1, 0.15) is 42.9 Å². The molecule has 0 fully saturated rings. The molecule has 2 aromatic carbocycles. The molecule has 150 valence electrons. The molecule has 0 saturated heterocycles. The standard InChI is InChI=1S/C23H30N2O3/c1-3-4-5-14-28-23-20-12-13-25(16-18(20)8-11-21(23)27-2)22(26)15-17-6-9-19(24)10-7-17/h6-11H,3-5,12-16,24H2,1-2H3. The van der Waals surface area contributed by atoms with Crippen molar-refractivity contribution in [2.45, 2.75) is 45.6 Å². The maximum atomic E-state index is 12.8. The Balaban J connectivity index is 1.70. The predicted octanol–water partition coefficient (Wildman–Crippen LogP) is 3.97. The highest BCUT2D eigenvalue weighted by molar-refractivity contribution is 5.79. The highest BCUT2D eigenvalue weighted by atomic mass is 16.5. The molecule has 0 atom stereocenters. The summed E-state index contributed by atoms with van der Waals surface area (Å²) in [7, 11) is 1.67. The Bertz CT molecular complexity index is 802. The third-order valence-electron chi connectivity index (χ3n) is 5.22. The minimum Gasteiger partial charge on any atom is -0.493 e. The first-order valence-electron chi connectivity index (χ1n) is 10.1. The van der Waals surface area contributed by atoms with Gasteiger partial charge in [-0.3, -0.25) is 4.79 Å². The van der Waals surface area contributed by atoms with E-state index >= 15 is 0 Å². The number of hydrogen-bond donors (Lipinski definition) is 1. The van der Waals surface area contributed by atoms with Crippen molar-refractivity contribution in [3.8, 4) is 11.5 Å². The fourth-order valence-corrected chi connectivity index (χ4v) is 3.58. The summed E-state index contributed by atoms with van der Waals surface area (Å²) in [5.41, 5.74) is 9.74. The average Bonchev–Trinajstić information content (AvgIpc) is 2.72. The van der Waals surface area contributed by atoms with E-state index in [4.69, 9.17) is 15.2 Å². The predicted molar refractivity (Wildman–Crippen MR) is 112 cm³/mol. The van der Waals surface area contributed by atoms with Crippen LogP contribution in [0.2, 0.25) is 0 Å². The van der Waals surface area contributed by atoms with Crippen LogP contribution in [0.4, 0.5) is 5.69 Å². The first-order chi connectivity index (χ1) is 13.6. The SMILES string of the molecule is CCCCCOc1c(OC)ccc2c1CCN(C(=O)Cc1ccc(N)cc1)C2. The second-order valence-corrected chi connectivity index (χ2v) is 7.27. The molecule has 3 rings (SSSR count). The van der Waals surface area contributed by atoms with Gasteiger partial charge in [-0.05, 0) is 42.2 Å². The Labute approximate surface area is 167 Å². The Morgan fingerprint density at radius 3 is 2.64 bits per heavy atom. The van der Waals surface area contributed by atoms with Gasteiger partial charge in [-0.1, -0.05) is 38.0 Å². The number of ether oxygens (including phenoxy) is 2. The smallest absolute Gasteiger partial charge is 0.227 e. The molecule has 0 bridgehead atoms. The van der Waals surface area contributed by atoms with Crippen LogP contribution in [0.5, 0.6) is 11.5 Å². The molecule has 0 aliphatic carbocycles. The summed E-state index contributed by atoms with van der Waals surface area (Å²) in [4.78, 5) is 14.7. The first kappa shape index (κ1) is 20.1. The Hall–Kier alpha value is -2.69. The monoisotopic (exact) mass is 382 g/mol. The van der Waals surface area contributed by atoms with Crippen LogP contribution in [0.3, 0.4) is 0 Å². The number of fused-ring (bicyclic) bond motifs is 1. The van der Waals surface area contributed by atoms with Crippen molar-refractivity contribution >= 4 is 11.6 Å². The molecule has 1 amide bonds. The van der Waals surface area contributed by atoms with Crippen molar-refractivity contribution in [1.29, 1.82) is 0 Å². The Kier molecular flexibility index (Phi) is 6.80. The van der Waals surface area contributed by atoms with Crippen LogP contribution in [0.15, 0.2) is 36.4 Å². The van der Waals surface area contributed by atoms with Crippen LogP contribution in [0, 0.1) is 0 Å². The Morgan fingerprint density at radius 1 is 1.14 bits per heavy atom. The van der Waals surface area contributed by atoms with Crippen LogP contribution in [-0.2, 0) is 24.2 Å². The second kappa shape index (κ2) is 9.49. The molecule has 1 aliphatic rings. The maximum absolute atomic E-state index is 12.8. The number of hydrogen-bond acceptors (Lipinski definition) is 4. The summed E-state index contributed by atoms with van der Waals surface area (Å²) in [5.74, 6) is 1.76. The lowest BCUT2D eigenvalue weighted by atomic mass is 9.97. The van der Waals surface area contributed by atoms with E-state index in [1.54, 1.807) is 7.11 Å². The topological polar surface area (TPSA) is 64.8 Å². The van der Waals surface area contributed by atoms with Crippen molar-refractivity contribution in [3.05, 3.63) is 53.1 Å². The molecular weight excluding hydrogens is 352 g/mol. The summed E-state index contributed by atoms with van der Waals surface area (Å²) in [5, 5.41) is 0. The van der Waals surface area contributed by atoms with Crippen molar-refractivity contribution in [2.24, 2.45) is 0 Å². The van der Waals surface area contributed by atoms with Gasteiger partial charge in [0.1, 0.15) is 0 Å². The third kappa shape index (κ3) is 4.77.